The molecule has 0 amide bonds. The van der Waals surface area contributed by atoms with Crippen LogP contribution in [0.4, 0.5) is 0 Å². The molecule has 1 N–H and O–H groups in total. The molecule has 1 aromatic rings. The summed E-state index contributed by atoms with van der Waals surface area (Å²) in [6.45, 7) is 9.40. The lowest BCUT2D eigenvalue weighted by atomic mass is 9.85. The predicted molar refractivity (Wildman–Crippen MR) is 83.4 cm³/mol. The largest absolute Gasteiger partial charge is 0.307 e. The van der Waals surface area contributed by atoms with E-state index < -0.39 is 0 Å². The van der Waals surface area contributed by atoms with Crippen LogP contribution in [-0.4, -0.2) is 6.04 Å². The van der Waals surface area contributed by atoms with E-state index in [0.717, 1.165) is 0 Å². The summed E-state index contributed by atoms with van der Waals surface area (Å²) in [5.74, 6) is 0. The summed E-state index contributed by atoms with van der Waals surface area (Å²) in [4.78, 5) is 0. The van der Waals surface area contributed by atoms with Crippen molar-refractivity contribution in [1.29, 1.82) is 0 Å². The molecule has 0 bridgehead atoms. The fraction of sp³-hybridized carbons (Fsp3) is 0.667. The van der Waals surface area contributed by atoms with Crippen LogP contribution < -0.4 is 5.32 Å². The van der Waals surface area contributed by atoms with Gasteiger partial charge in [-0.05, 0) is 36.3 Å². The Morgan fingerprint density at radius 2 is 2.00 bits per heavy atom. The van der Waals surface area contributed by atoms with Crippen molar-refractivity contribution in [2.45, 2.75) is 71.9 Å². The molecular weight excluding hydrogens is 230 g/mol. The molecule has 106 valence electrons. The lowest BCUT2D eigenvalue weighted by Crippen LogP contribution is -2.37. The van der Waals surface area contributed by atoms with Crippen LogP contribution >= 0.6 is 0 Å². The number of unbranched alkanes of at least 4 members (excludes halogenated alkanes) is 2. The van der Waals surface area contributed by atoms with Crippen molar-refractivity contribution in [3.63, 3.8) is 0 Å². The first-order valence-corrected chi connectivity index (χ1v) is 7.88. The van der Waals surface area contributed by atoms with Crippen molar-refractivity contribution in [2.24, 2.45) is 5.41 Å². The van der Waals surface area contributed by atoms with Crippen molar-refractivity contribution in [3.05, 3.63) is 35.4 Å². The minimum Gasteiger partial charge on any atom is -0.307 e. The molecular formula is C18H29N. The maximum atomic E-state index is 3.88. The lowest BCUT2D eigenvalue weighted by Gasteiger charge is -2.31. The van der Waals surface area contributed by atoms with Gasteiger partial charge in [-0.15, -0.1) is 0 Å². The maximum absolute atomic E-state index is 3.88. The molecule has 2 unspecified atom stereocenters. The van der Waals surface area contributed by atoms with Crippen LogP contribution in [-0.2, 0) is 6.42 Å². The normalized spacial score (nSPS) is 22.2. The molecule has 1 nitrogen and oxygen atoms in total. The second-order valence-corrected chi connectivity index (χ2v) is 6.86. The number of rotatable bonds is 6. The molecule has 2 rings (SSSR count). The molecule has 0 spiro atoms. The second-order valence-electron chi connectivity index (χ2n) is 6.86. The van der Waals surface area contributed by atoms with Gasteiger partial charge in [0, 0.05) is 12.1 Å². The molecule has 1 heteroatoms. The third-order valence-corrected chi connectivity index (χ3v) is 4.49. The van der Waals surface area contributed by atoms with Gasteiger partial charge in [-0.2, -0.15) is 0 Å². The molecule has 1 aliphatic rings. The van der Waals surface area contributed by atoms with Crippen LogP contribution in [0.2, 0.25) is 0 Å². The first-order valence-electron chi connectivity index (χ1n) is 7.88. The molecule has 0 fully saturated rings. The molecule has 0 aliphatic heterocycles. The van der Waals surface area contributed by atoms with Gasteiger partial charge in [0.1, 0.15) is 0 Å². The summed E-state index contributed by atoms with van der Waals surface area (Å²) in [5.41, 5.74) is 3.39. The minimum atomic E-state index is 0.336. The molecule has 0 saturated carbocycles. The van der Waals surface area contributed by atoms with E-state index in [9.17, 15) is 0 Å². The van der Waals surface area contributed by atoms with E-state index in [0.29, 0.717) is 17.5 Å². The smallest absolute Gasteiger partial charge is 0.0379 e. The first kappa shape index (κ1) is 14.6. The Bertz CT molecular complexity index is 408. The molecule has 19 heavy (non-hydrogen) atoms. The Morgan fingerprint density at radius 1 is 1.26 bits per heavy atom. The minimum absolute atomic E-state index is 0.336. The Morgan fingerprint density at radius 3 is 2.74 bits per heavy atom. The fourth-order valence-corrected chi connectivity index (χ4v) is 3.37. The summed E-state index contributed by atoms with van der Waals surface area (Å²) in [5, 5.41) is 3.88. The predicted octanol–water partition coefficient (Wildman–Crippen LogP) is 4.87. The van der Waals surface area contributed by atoms with Crippen molar-refractivity contribution in [1.82, 2.24) is 5.32 Å². The maximum Gasteiger partial charge on any atom is 0.0379 e. The molecule has 0 heterocycles. The van der Waals surface area contributed by atoms with Crippen LogP contribution in [0.15, 0.2) is 24.3 Å². The summed E-state index contributed by atoms with van der Waals surface area (Å²) in [6, 6.07) is 10.1. The quantitative estimate of drug-likeness (QED) is 0.719. The fourth-order valence-electron chi connectivity index (χ4n) is 3.37. The Labute approximate surface area is 118 Å². The number of nitrogens with one attached hydrogen (secondary N) is 1. The highest BCUT2D eigenvalue weighted by Crippen LogP contribution is 2.45. The third kappa shape index (κ3) is 3.39. The van der Waals surface area contributed by atoms with Crippen molar-refractivity contribution in [3.8, 4) is 0 Å². The standard InChI is InChI=1S/C18H29N/c1-5-6-7-10-14(2)19-17-16-12-9-8-11-15(16)13-18(17,3)4/h8-9,11-12,14,17,19H,5-7,10,13H2,1-4H3. The molecule has 0 aromatic heterocycles. The summed E-state index contributed by atoms with van der Waals surface area (Å²) >= 11 is 0. The van der Waals surface area contributed by atoms with Crippen LogP contribution in [0.3, 0.4) is 0 Å². The topological polar surface area (TPSA) is 12.0 Å². The molecule has 2 atom stereocenters. The summed E-state index contributed by atoms with van der Waals surface area (Å²) in [6.07, 6.45) is 6.51. The number of fused-ring (bicyclic) bond motifs is 1. The van der Waals surface area contributed by atoms with Gasteiger partial charge in [0.15, 0.2) is 0 Å². The van der Waals surface area contributed by atoms with Gasteiger partial charge in [0.05, 0.1) is 0 Å². The van der Waals surface area contributed by atoms with E-state index >= 15 is 0 Å². The van der Waals surface area contributed by atoms with Crippen LogP contribution in [0.5, 0.6) is 0 Å². The number of hydrogen-bond acceptors (Lipinski definition) is 1. The Kier molecular flexibility index (Phi) is 4.67. The second kappa shape index (κ2) is 6.09. The highest BCUT2D eigenvalue weighted by Gasteiger charge is 2.38. The molecule has 0 radical (unpaired) electrons. The van der Waals surface area contributed by atoms with Gasteiger partial charge in [-0.25, -0.2) is 0 Å². The Hall–Kier alpha value is -0.820. The average molecular weight is 259 g/mol. The van der Waals surface area contributed by atoms with Crippen molar-refractivity contribution in [2.75, 3.05) is 0 Å². The van der Waals surface area contributed by atoms with Gasteiger partial charge < -0.3 is 5.32 Å². The van der Waals surface area contributed by atoms with Gasteiger partial charge in [0.2, 0.25) is 0 Å². The third-order valence-electron chi connectivity index (χ3n) is 4.49. The van der Waals surface area contributed by atoms with Crippen molar-refractivity contribution >= 4 is 0 Å². The van der Waals surface area contributed by atoms with E-state index in [1.807, 2.05) is 0 Å². The first-order chi connectivity index (χ1) is 9.04. The van der Waals surface area contributed by atoms with Gasteiger partial charge in [-0.1, -0.05) is 64.3 Å². The zero-order chi connectivity index (χ0) is 13.9. The zero-order valence-electron chi connectivity index (χ0n) is 13.0. The van der Waals surface area contributed by atoms with Crippen molar-refractivity contribution < 1.29 is 0 Å². The lowest BCUT2D eigenvalue weighted by molar-refractivity contribution is 0.246. The molecule has 0 saturated heterocycles. The monoisotopic (exact) mass is 259 g/mol. The van der Waals surface area contributed by atoms with Gasteiger partial charge in [-0.3, -0.25) is 0 Å². The van der Waals surface area contributed by atoms with Gasteiger partial charge >= 0.3 is 0 Å². The van der Waals surface area contributed by atoms with Crippen LogP contribution in [0, 0.1) is 5.41 Å². The molecule has 1 aromatic carbocycles. The van der Waals surface area contributed by atoms with E-state index in [2.05, 4.69) is 57.3 Å². The summed E-state index contributed by atoms with van der Waals surface area (Å²) in [7, 11) is 0. The highest BCUT2D eigenvalue weighted by atomic mass is 15.0. The van der Waals surface area contributed by atoms with Gasteiger partial charge in [0.25, 0.3) is 0 Å². The molecule has 1 aliphatic carbocycles. The van der Waals surface area contributed by atoms with E-state index in [1.54, 1.807) is 0 Å². The number of hydrogen-bond donors (Lipinski definition) is 1. The highest BCUT2D eigenvalue weighted by molar-refractivity contribution is 5.37. The van der Waals surface area contributed by atoms with Crippen LogP contribution in [0.1, 0.15) is 70.5 Å². The summed E-state index contributed by atoms with van der Waals surface area (Å²) < 4.78 is 0. The average Bonchev–Trinajstić information content (AvgIpc) is 2.61. The SMILES string of the molecule is CCCCCC(C)NC1c2ccccc2CC1(C)C. The van der Waals surface area contributed by atoms with E-state index in [1.165, 1.54) is 43.2 Å². The van der Waals surface area contributed by atoms with Crippen LogP contribution in [0.25, 0.3) is 0 Å². The zero-order valence-corrected chi connectivity index (χ0v) is 13.0. The van der Waals surface area contributed by atoms with E-state index in [-0.39, 0.29) is 0 Å². The number of benzene rings is 1. The Balaban J connectivity index is 2.02. The van der Waals surface area contributed by atoms with E-state index in [4.69, 9.17) is 0 Å².